The molecule has 0 atom stereocenters. The lowest BCUT2D eigenvalue weighted by Gasteiger charge is -2.28. The molecule has 24 N–H and O–H groups in total. The van der Waals surface area contributed by atoms with Crippen molar-refractivity contribution in [1.82, 2.24) is 89.7 Å². The summed E-state index contributed by atoms with van der Waals surface area (Å²) in [6.45, 7) is 0. The molecular weight excluding hydrogens is 750 g/mol. The summed E-state index contributed by atoms with van der Waals surface area (Å²) in [6, 6.07) is 4.35. The number of anilines is 21. The lowest BCUT2D eigenvalue weighted by Crippen LogP contribution is -2.24. The Hall–Kier alpha value is -9.72. The van der Waals surface area contributed by atoms with E-state index in [1.807, 2.05) is 0 Å². The number of rotatable bonds is 9. The number of benzene rings is 1. The molecule has 0 aliphatic rings. The van der Waals surface area contributed by atoms with Crippen molar-refractivity contribution < 1.29 is 0 Å². The van der Waals surface area contributed by atoms with Crippen LogP contribution in [0, 0.1) is 0 Å². The Morgan fingerprint density at radius 3 is 0.456 bits per heavy atom. The first-order chi connectivity index (χ1) is 27.1. The maximum atomic E-state index is 6.01. The zero-order valence-corrected chi connectivity index (χ0v) is 28.6. The van der Waals surface area contributed by atoms with Gasteiger partial charge in [0.15, 0.2) is 0 Å². The Morgan fingerprint density at radius 2 is 0.333 bits per heavy atom. The van der Waals surface area contributed by atoms with Crippen molar-refractivity contribution in [3.63, 3.8) is 0 Å². The summed E-state index contributed by atoms with van der Waals surface area (Å²) in [5.74, 6) is -5.31. The maximum absolute atomic E-state index is 6.01. The van der Waals surface area contributed by atoms with Crippen LogP contribution in [0.1, 0.15) is 0 Å². The molecule has 0 aliphatic carbocycles. The Balaban J connectivity index is 1.63. The number of nitrogens with two attached hydrogens (primary N) is 12. The monoisotopic (exact) mass is 777 g/mol. The summed E-state index contributed by atoms with van der Waals surface area (Å²) in [7, 11) is 0. The van der Waals surface area contributed by atoms with Crippen LogP contribution in [0.5, 0.6) is 0 Å². The molecule has 0 aliphatic heterocycles. The van der Waals surface area contributed by atoms with Gasteiger partial charge in [-0.3, -0.25) is 0 Å². The summed E-state index contributed by atoms with van der Waals surface area (Å²) in [6.07, 6.45) is 0. The first kappa shape index (κ1) is 35.7. The van der Waals surface area contributed by atoms with E-state index < -0.39 is 0 Å². The molecule has 6 heterocycles. The Kier molecular flexibility index (Phi) is 8.56. The molecule has 57 heavy (non-hydrogen) atoms. The van der Waals surface area contributed by atoms with Gasteiger partial charge in [-0.15, -0.1) is 0 Å². The van der Waals surface area contributed by atoms with Gasteiger partial charge in [-0.05, 0) is 18.2 Å². The molecule has 0 saturated heterocycles. The lowest BCUT2D eigenvalue weighted by molar-refractivity contribution is 0.958. The number of aromatic nitrogens is 18. The van der Waals surface area contributed by atoms with Crippen LogP contribution in [0.4, 0.5) is 124 Å². The summed E-state index contributed by atoms with van der Waals surface area (Å²) in [4.78, 5) is 77.7. The quantitative estimate of drug-likeness (QED) is 0.0668. The third-order valence-electron chi connectivity index (χ3n) is 6.81. The largest absolute Gasteiger partial charge is 0.368 e. The van der Waals surface area contributed by atoms with Gasteiger partial charge in [-0.25, -0.2) is 14.7 Å². The van der Waals surface area contributed by atoms with Crippen molar-refractivity contribution in [2.45, 2.75) is 0 Å². The summed E-state index contributed by atoms with van der Waals surface area (Å²) in [5.41, 5.74) is 72.2. The van der Waals surface area contributed by atoms with E-state index in [0.717, 1.165) is 0 Å². The highest BCUT2D eigenvalue weighted by atomic mass is 15.4. The van der Waals surface area contributed by atoms with E-state index in [-0.39, 0.29) is 124 Å². The van der Waals surface area contributed by atoms with Crippen LogP contribution < -0.4 is 83.5 Å². The van der Waals surface area contributed by atoms with E-state index in [1.165, 1.54) is 32.9 Å². The Morgan fingerprint density at radius 1 is 0.211 bits per heavy atom. The van der Waals surface area contributed by atoms with E-state index in [1.54, 1.807) is 0 Å². The predicted octanol–water partition coefficient (Wildman–Crippen LogP) is -3.81. The first-order valence-corrected chi connectivity index (χ1v) is 15.3. The normalized spacial score (nSPS) is 10.9. The summed E-state index contributed by atoms with van der Waals surface area (Å²) >= 11 is 0. The van der Waals surface area contributed by atoms with Crippen LogP contribution in [0.2, 0.25) is 0 Å². The van der Waals surface area contributed by atoms with Gasteiger partial charge in [0.25, 0.3) is 0 Å². The molecule has 0 saturated carbocycles. The van der Waals surface area contributed by atoms with Crippen molar-refractivity contribution in [2.24, 2.45) is 0 Å². The van der Waals surface area contributed by atoms with Gasteiger partial charge in [0.2, 0.25) is 107 Å². The number of nitrogen functional groups attached to an aromatic ring is 12. The highest BCUT2D eigenvalue weighted by Crippen LogP contribution is 2.43. The minimum atomic E-state index is -0.309. The summed E-state index contributed by atoms with van der Waals surface area (Å²) < 4.78 is 0. The molecule has 0 radical (unpaired) electrons. The molecule has 288 valence electrons. The number of hydrogen-bond acceptors (Lipinski definition) is 33. The minimum absolute atomic E-state index is 0.0162. The van der Waals surface area contributed by atoms with E-state index in [9.17, 15) is 0 Å². The van der Waals surface area contributed by atoms with Crippen LogP contribution in [0.25, 0.3) is 0 Å². The molecule has 0 bridgehead atoms. The van der Waals surface area contributed by atoms with Crippen LogP contribution in [-0.4, -0.2) is 89.7 Å². The molecule has 33 nitrogen and oxygen atoms in total. The zero-order valence-electron chi connectivity index (χ0n) is 28.6. The van der Waals surface area contributed by atoms with Gasteiger partial charge in [0, 0.05) is 0 Å². The molecule has 1 aromatic carbocycles. The van der Waals surface area contributed by atoms with E-state index in [2.05, 4.69) is 89.7 Å². The van der Waals surface area contributed by atoms with Crippen LogP contribution in [0.15, 0.2) is 18.2 Å². The van der Waals surface area contributed by atoms with Crippen molar-refractivity contribution in [2.75, 3.05) is 83.5 Å². The molecule has 0 amide bonds. The van der Waals surface area contributed by atoms with Gasteiger partial charge in [0.05, 0.1) is 17.1 Å². The van der Waals surface area contributed by atoms with E-state index in [4.69, 9.17) is 68.8 Å². The molecule has 6 aromatic heterocycles. The highest BCUT2D eigenvalue weighted by Gasteiger charge is 2.30. The highest BCUT2D eigenvalue weighted by molar-refractivity contribution is 5.85. The van der Waals surface area contributed by atoms with Gasteiger partial charge in [0.1, 0.15) is 0 Å². The number of hydrogen-bond donors (Lipinski definition) is 12. The Bertz CT molecular complexity index is 2090. The third kappa shape index (κ3) is 7.46. The standard InChI is InChI=1S/C24H27N33/c25-7-37-8(26)44-19(43-7)55(20-45-9(27)38-10(28)46-20)4-1-5(56(21-47-11(29)39-12(30)48-21)22-49-13(31)40-14(32)50-22)3-6(2-4)57(23-51-15(33)41-16(34)52-23)24-53-17(35)42-18(36)54-24/h1-3H,(H4,25,26,37,43,44)(H4,27,28,38,45,46)(H4,29,30,39,47,48)(H4,31,32,40,49,50)(H4,33,34,41,51,52)(H4,35,36,42,53,54). The average molecular weight is 778 g/mol. The first-order valence-electron chi connectivity index (χ1n) is 15.3. The topological polar surface area (TPSA) is 554 Å². The van der Waals surface area contributed by atoms with Gasteiger partial charge in [-0.1, -0.05) is 0 Å². The molecule has 7 rings (SSSR count). The molecule has 33 heteroatoms. The smallest absolute Gasteiger partial charge is 0.243 e. The van der Waals surface area contributed by atoms with Crippen LogP contribution >= 0.6 is 0 Å². The van der Waals surface area contributed by atoms with E-state index >= 15 is 0 Å². The molecule has 0 unspecified atom stereocenters. The fourth-order valence-electron chi connectivity index (χ4n) is 4.91. The van der Waals surface area contributed by atoms with Crippen LogP contribution in [-0.2, 0) is 0 Å². The van der Waals surface area contributed by atoms with E-state index in [0.29, 0.717) is 0 Å². The average Bonchev–Trinajstić information content (AvgIpc) is 3.06. The predicted molar refractivity (Wildman–Crippen MR) is 204 cm³/mol. The van der Waals surface area contributed by atoms with Gasteiger partial charge < -0.3 is 68.8 Å². The van der Waals surface area contributed by atoms with Crippen molar-refractivity contribution >= 4 is 124 Å². The molecule has 0 spiro atoms. The second kappa shape index (κ2) is 13.7. The maximum Gasteiger partial charge on any atom is 0.243 e. The zero-order chi connectivity index (χ0) is 40.7. The molecule has 0 fully saturated rings. The van der Waals surface area contributed by atoms with Crippen molar-refractivity contribution in [3.05, 3.63) is 18.2 Å². The second-order valence-corrected chi connectivity index (χ2v) is 10.8. The van der Waals surface area contributed by atoms with Gasteiger partial charge in [-0.2, -0.15) is 89.7 Å². The fraction of sp³-hybridized carbons (Fsp3) is 0. The fourth-order valence-corrected chi connectivity index (χ4v) is 4.91. The lowest BCUT2D eigenvalue weighted by atomic mass is 10.2. The summed E-state index contributed by atoms with van der Waals surface area (Å²) in [5, 5.41) is 0. The van der Waals surface area contributed by atoms with Crippen LogP contribution in [0.3, 0.4) is 0 Å². The number of nitrogens with zero attached hydrogens (tertiary/aromatic N) is 21. The second-order valence-electron chi connectivity index (χ2n) is 10.8. The SMILES string of the molecule is Nc1nc(N)nc(N(c2cc(N(c3nc(N)nc(N)n3)c3nc(N)nc(N)n3)cc(N(c3nc(N)nc(N)n3)c3nc(N)nc(N)n3)c2)c2nc(N)nc(N)n2)n1. The van der Waals surface area contributed by atoms with Crippen molar-refractivity contribution in [1.29, 1.82) is 0 Å². The minimum Gasteiger partial charge on any atom is -0.368 e. The van der Waals surface area contributed by atoms with Gasteiger partial charge >= 0.3 is 0 Å². The Labute approximate surface area is 315 Å². The third-order valence-corrected chi connectivity index (χ3v) is 6.81. The van der Waals surface area contributed by atoms with Crippen molar-refractivity contribution in [3.8, 4) is 0 Å². The molecule has 7 aromatic rings. The molecular formula is C24H27N33.